The number of hydrogen-bond donors (Lipinski definition) is 1. The van der Waals surface area contributed by atoms with E-state index in [1.54, 1.807) is 0 Å². The first-order chi connectivity index (χ1) is 7.81. The third-order valence-electron chi connectivity index (χ3n) is 4.23. The Hall–Kier alpha value is -0.0400. The van der Waals surface area contributed by atoms with Gasteiger partial charge in [-0.15, -0.1) is 0 Å². The second-order valence-corrected chi connectivity index (χ2v) is 5.55. The summed E-state index contributed by atoms with van der Waals surface area (Å²) in [6.45, 7) is 8.16. The van der Waals surface area contributed by atoms with Gasteiger partial charge >= 0.3 is 0 Å². The van der Waals surface area contributed by atoms with Crippen LogP contribution in [0.5, 0.6) is 0 Å². The van der Waals surface area contributed by atoms with Crippen LogP contribution in [-0.2, 0) is 0 Å². The van der Waals surface area contributed by atoms with Gasteiger partial charge in [-0.3, -0.25) is 0 Å². The lowest BCUT2D eigenvalue weighted by Gasteiger charge is -2.35. The first kappa shape index (κ1) is 14.0. The van der Waals surface area contributed by atoms with E-state index >= 15 is 0 Å². The molecule has 16 heavy (non-hydrogen) atoms. The largest absolute Gasteiger partial charge is 0.314 e. The van der Waals surface area contributed by atoms with Gasteiger partial charge in [0.25, 0.3) is 0 Å². The first-order valence-corrected chi connectivity index (χ1v) is 7.55. The van der Waals surface area contributed by atoms with Crippen LogP contribution in [0.3, 0.4) is 0 Å². The predicted molar refractivity (Wildman–Crippen MR) is 72.7 cm³/mol. The highest BCUT2D eigenvalue weighted by Gasteiger charge is 2.26. The van der Waals surface area contributed by atoms with Crippen molar-refractivity contribution in [2.45, 2.75) is 78.2 Å². The zero-order valence-corrected chi connectivity index (χ0v) is 11.6. The highest BCUT2D eigenvalue weighted by Crippen LogP contribution is 2.34. The summed E-state index contributed by atoms with van der Waals surface area (Å²) in [5.41, 5.74) is 0. The Balaban J connectivity index is 2.41. The molecule has 1 saturated carbocycles. The standard InChI is InChI=1S/C15H31N/c1-4-8-15(16-11-5-2)14-10-7-9-13(6-3)12-14/h13-16H,4-12H2,1-3H3. The van der Waals surface area contributed by atoms with Crippen molar-refractivity contribution in [1.29, 1.82) is 0 Å². The van der Waals surface area contributed by atoms with Gasteiger partial charge < -0.3 is 5.32 Å². The molecule has 1 nitrogen and oxygen atoms in total. The van der Waals surface area contributed by atoms with Crippen LogP contribution in [0.4, 0.5) is 0 Å². The summed E-state index contributed by atoms with van der Waals surface area (Å²) in [5, 5.41) is 3.78. The lowest BCUT2D eigenvalue weighted by molar-refractivity contribution is 0.201. The molecule has 0 bridgehead atoms. The van der Waals surface area contributed by atoms with E-state index in [4.69, 9.17) is 0 Å². The molecule has 1 heteroatoms. The summed E-state index contributed by atoms with van der Waals surface area (Å²) >= 11 is 0. The summed E-state index contributed by atoms with van der Waals surface area (Å²) in [4.78, 5) is 0. The second-order valence-electron chi connectivity index (χ2n) is 5.55. The topological polar surface area (TPSA) is 12.0 Å². The summed E-state index contributed by atoms with van der Waals surface area (Å²) < 4.78 is 0. The highest BCUT2D eigenvalue weighted by atomic mass is 14.9. The Morgan fingerprint density at radius 3 is 2.56 bits per heavy atom. The van der Waals surface area contributed by atoms with E-state index in [1.165, 1.54) is 57.9 Å². The van der Waals surface area contributed by atoms with E-state index in [0.29, 0.717) is 0 Å². The van der Waals surface area contributed by atoms with Gasteiger partial charge in [0, 0.05) is 6.04 Å². The number of hydrogen-bond acceptors (Lipinski definition) is 1. The van der Waals surface area contributed by atoms with Crippen molar-refractivity contribution in [3.05, 3.63) is 0 Å². The molecular formula is C15H31N. The molecule has 0 radical (unpaired) electrons. The van der Waals surface area contributed by atoms with Crippen molar-refractivity contribution >= 4 is 0 Å². The summed E-state index contributed by atoms with van der Waals surface area (Å²) in [7, 11) is 0. The minimum atomic E-state index is 0.805. The van der Waals surface area contributed by atoms with Crippen molar-refractivity contribution in [2.75, 3.05) is 6.54 Å². The highest BCUT2D eigenvalue weighted by molar-refractivity contribution is 4.82. The molecule has 0 aromatic carbocycles. The van der Waals surface area contributed by atoms with E-state index in [0.717, 1.165) is 17.9 Å². The van der Waals surface area contributed by atoms with Gasteiger partial charge in [-0.25, -0.2) is 0 Å². The van der Waals surface area contributed by atoms with E-state index in [-0.39, 0.29) is 0 Å². The van der Waals surface area contributed by atoms with E-state index in [1.807, 2.05) is 0 Å². The average molecular weight is 225 g/mol. The van der Waals surface area contributed by atoms with Crippen molar-refractivity contribution in [3.8, 4) is 0 Å². The maximum Gasteiger partial charge on any atom is 0.00953 e. The Morgan fingerprint density at radius 1 is 1.12 bits per heavy atom. The molecule has 3 unspecified atom stereocenters. The number of rotatable bonds is 7. The molecule has 0 heterocycles. The SMILES string of the molecule is CCCNC(CCC)C1CCCC(CC)C1. The van der Waals surface area contributed by atoms with Gasteiger partial charge in [-0.1, -0.05) is 46.5 Å². The van der Waals surface area contributed by atoms with Gasteiger partial charge in [-0.2, -0.15) is 0 Å². The minimum absolute atomic E-state index is 0.805. The van der Waals surface area contributed by atoms with Gasteiger partial charge in [0.1, 0.15) is 0 Å². The van der Waals surface area contributed by atoms with Crippen LogP contribution in [0.1, 0.15) is 72.1 Å². The molecule has 0 saturated heterocycles. The number of nitrogens with one attached hydrogen (secondary N) is 1. The summed E-state index contributed by atoms with van der Waals surface area (Å²) in [6, 6.07) is 0.805. The smallest absolute Gasteiger partial charge is 0.00953 e. The average Bonchev–Trinajstić information content (AvgIpc) is 2.34. The molecule has 0 aromatic heterocycles. The first-order valence-electron chi connectivity index (χ1n) is 7.55. The third-order valence-corrected chi connectivity index (χ3v) is 4.23. The van der Waals surface area contributed by atoms with Crippen molar-refractivity contribution in [2.24, 2.45) is 11.8 Å². The second kappa shape index (κ2) is 8.11. The van der Waals surface area contributed by atoms with Crippen molar-refractivity contribution < 1.29 is 0 Å². The fourth-order valence-electron chi connectivity index (χ4n) is 3.21. The van der Waals surface area contributed by atoms with Gasteiger partial charge in [0.2, 0.25) is 0 Å². The lowest BCUT2D eigenvalue weighted by Crippen LogP contribution is -2.39. The van der Waals surface area contributed by atoms with Crippen molar-refractivity contribution in [1.82, 2.24) is 5.32 Å². The monoisotopic (exact) mass is 225 g/mol. The minimum Gasteiger partial charge on any atom is -0.314 e. The molecule has 96 valence electrons. The molecule has 0 aliphatic heterocycles. The third kappa shape index (κ3) is 4.45. The predicted octanol–water partition coefficient (Wildman–Crippen LogP) is 4.37. The molecule has 1 aliphatic rings. The molecular weight excluding hydrogens is 194 g/mol. The fraction of sp³-hybridized carbons (Fsp3) is 1.00. The molecule has 0 amide bonds. The van der Waals surface area contributed by atoms with E-state index in [9.17, 15) is 0 Å². The van der Waals surface area contributed by atoms with Crippen LogP contribution in [-0.4, -0.2) is 12.6 Å². The van der Waals surface area contributed by atoms with Crippen LogP contribution in [0.2, 0.25) is 0 Å². The van der Waals surface area contributed by atoms with Crippen molar-refractivity contribution in [3.63, 3.8) is 0 Å². The van der Waals surface area contributed by atoms with Crippen LogP contribution in [0.25, 0.3) is 0 Å². The molecule has 1 rings (SSSR count). The van der Waals surface area contributed by atoms with Crippen LogP contribution < -0.4 is 5.32 Å². The maximum atomic E-state index is 3.78. The zero-order valence-electron chi connectivity index (χ0n) is 11.6. The van der Waals surface area contributed by atoms with E-state index < -0.39 is 0 Å². The van der Waals surface area contributed by atoms with Gasteiger partial charge in [0.05, 0.1) is 0 Å². The molecule has 1 aliphatic carbocycles. The molecule has 0 aromatic rings. The van der Waals surface area contributed by atoms with Gasteiger partial charge in [-0.05, 0) is 44.1 Å². The lowest BCUT2D eigenvalue weighted by atomic mass is 9.76. The molecule has 1 N–H and O–H groups in total. The van der Waals surface area contributed by atoms with Crippen LogP contribution in [0, 0.1) is 11.8 Å². The molecule has 0 spiro atoms. The fourth-order valence-corrected chi connectivity index (χ4v) is 3.21. The normalized spacial score (nSPS) is 27.9. The van der Waals surface area contributed by atoms with Crippen LogP contribution in [0.15, 0.2) is 0 Å². The Morgan fingerprint density at radius 2 is 1.94 bits per heavy atom. The molecule has 1 fully saturated rings. The van der Waals surface area contributed by atoms with Crippen LogP contribution >= 0.6 is 0 Å². The Bertz CT molecular complexity index is 165. The summed E-state index contributed by atoms with van der Waals surface area (Å²) in [5.74, 6) is 1.98. The maximum absolute atomic E-state index is 3.78. The van der Waals surface area contributed by atoms with Gasteiger partial charge in [0.15, 0.2) is 0 Å². The Labute approximate surface area is 102 Å². The molecule has 3 atom stereocenters. The summed E-state index contributed by atoms with van der Waals surface area (Å²) in [6.07, 6.45) is 11.3. The van der Waals surface area contributed by atoms with E-state index in [2.05, 4.69) is 26.1 Å². The Kier molecular flexibility index (Phi) is 7.11. The zero-order chi connectivity index (χ0) is 11.8. The quantitative estimate of drug-likeness (QED) is 0.678.